The molecule has 2 aromatic rings. The highest BCUT2D eigenvalue weighted by Gasteiger charge is 2.55. The van der Waals surface area contributed by atoms with E-state index in [0.29, 0.717) is 31.2 Å². The Labute approximate surface area is 247 Å². The first-order valence-corrected chi connectivity index (χ1v) is 16.1. The van der Waals surface area contributed by atoms with Crippen LogP contribution in [0.4, 0.5) is 4.79 Å². The highest BCUT2D eigenvalue weighted by Crippen LogP contribution is 2.53. The number of likely N-dealkylation sites (tertiary alicyclic amines) is 1. The summed E-state index contributed by atoms with van der Waals surface area (Å²) in [5, 5.41) is 12.9. The molecule has 3 unspecified atom stereocenters. The normalized spacial score (nSPS) is 20.7. The standard InChI is InChI=1S/C31H41N2O8P/c1-23-13-12-20-33(23,30(37)38)27(34)21-42(39,41-22-40-29(36)31(2,3)4)26(19-11-16-24-14-7-5-8-15-24)32-28(35)25-17-9-6-10-18-25/h5-10,14-15,17-18,23,26H,11-13,16,19-22H2,1-4H3,(H-,32,35,37,38)/p+1/t23-,26?,33?,42?/m1/s1. The number of carboxylic acid groups (broad SMARTS) is 1. The summed E-state index contributed by atoms with van der Waals surface area (Å²) < 4.78 is 24.9. The molecule has 4 atom stereocenters. The van der Waals surface area contributed by atoms with Crippen LogP contribution in [-0.4, -0.2) is 64.8 Å². The summed E-state index contributed by atoms with van der Waals surface area (Å²) in [5.41, 5.74) is 0.506. The molecule has 11 heteroatoms. The summed E-state index contributed by atoms with van der Waals surface area (Å²) in [5.74, 6) is -3.02. The van der Waals surface area contributed by atoms with Crippen molar-refractivity contribution in [1.29, 1.82) is 0 Å². The molecule has 0 radical (unpaired) electrons. The first-order valence-electron chi connectivity index (χ1n) is 14.2. The number of ether oxygens (including phenoxy) is 1. The number of nitrogens with one attached hydrogen (secondary N) is 1. The summed E-state index contributed by atoms with van der Waals surface area (Å²) in [6, 6.07) is 17.5. The molecule has 3 rings (SSSR count). The number of hydrogen-bond acceptors (Lipinski definition) is 7. The molecule has 3 amide bonds. The largest absolute Gasteiger partial charge is 0.521 e. The molecule has 2 aromatic carbocycles. The SMILES string of the molecule is C[C@@H]1CCC[N+]1(C(=O)O)C(=O)CP(=O)(OCOC(=O)C(C)(C)C)C(CCCc1ccccc1)NC(=O)c1ccccc1. The van der Waals surface area contributed by atoms with Gasteiger partial charge in [0.15, 0.2) is 6.79 Å². The Morgan fingerprint density at radius 1 is 1.05 bits per heavy atom. The molecule has 1 saturated heterocycles. The highest BCUT2D eigenvalue weighted by molar-refractivity contribution is 7.60. The Bertz CT molecular complexity index is 1300. The van der Waals surface area contributed by atoms with Crippen LogP contribution in [0.25, 0.3) is 0 Å². The molecule has 2 N–H and O–H groups in total. The fourth-order valence-corrected chi connectivity index (χ4v) is 7.36. The summed E-state index contributed by atoms with van der Waals surface area (Å²) in [6.45, 7) is 6.01. The van der Waals surface area contributed by atoms with Crippen LogP contribution in [0.1, 0.15) is 69.3 Å². The van der Waals surface area contributed by atoms with Gasteiger partial charge in [0.05, 0.1) is 12.0 Å². The minimum atomic E-state index is -4.19. The molecule has 42 heavy (non-hydrogen) atoms. The van der Waals surface area contributed by atoms with E-state index < -0.39 is 65.9 Å². The minimum absolute atomic E-state index is 0.0728. The number of hydrogen-bond donors (Lipinski definition) is 2. The second-order valence-electron chi connectivity index (χ2n) is 11.8. The monoisotopic (exact) mass is 601 g/mol. The third-order valence-electron chi connectivity index (χ3n) is 7.70. The lowest BCUT2D eigenvalue weighted by molar-refractivity contribution is -0.791. The number of esters is 1. The second kappa shape index (κ2) is 14.2. The van der Waals surface area contributed by atoms with Crippen molar-refractivity contribution in [2.24, 2.45) is 5.41 Å². The van der Waals surface area contributed by atoms with Gasteiger partial charge in [-0.1, -0.05) is 48.5 Å². The van der Waals surface area contributed by atoms with Crippen LogP contribution in [0.2, 0.25) is 0 Å². The number of quaternary nitrogens is 1. The number of amides is 3. The third kappa shape index (κ3) is 8.15. The van der Waals surface area contributed by atoms with E-state index in [0.717, 1.165) is 5.56 Å². The molecular formula is C31H42N2O8P+. The number of benzene rings is 2. The van der Waals surface area contributed by atoms with E-state index in [2.05, 4.69) is 5.32 Å². The molecular weight excluding hydrogens is 559 g/mol. The molecule has 228 valence electrons. The predicted molar refractivity (Wildman–Crippen MR) is 158 cm³/mol. The van der Waals surface area contributed by atoms with Gasteiger partial charge in [0.1, 0.15) is 18.0 Å². The van der Waals surface area contributed by atoms with Crippen LogP contribution in [0, 0.1) is 5.41 Å². The number of carbonyl (C=O) groups is 4. The van der Waals surface area contributed by atoms with E-state index in [4.69, 9.17) is 9.26 Å². The molecule has 0 bridgehead atoms. The van der Waals surface area contributed by atoms with Crippen molar-refractivity contribution in [1.82, 2.24) is 5.32 Å². The van der Waals surface area contributed by atoms with Crippen molar-refractivity contribution in [3.63, 3.8) is 0 Å². The van der Waals surface area contributed by atoms with Gasteiger partial charge in [0, 0.05) is 18.4 Å². The van der Waals surface area contributed by atoms with Crippen molar-refractivity contribution in [2.75, 3.05) is 19.5 Å². The Kier molecular flexibility index (Phi) is 11.2. The molecule has 0 aliphatic carbocycles. The molecule has 0 saturated carbocycles. The summed E-state index contributed by atoms with van der Waals surface area (Å²) in [7, 11) is -4.19. The van der Waals surface area contributed by atoms with Gasteiger partial charge in [-0.25, -0.2) is 4.79 Å². The maximum atomic E-state index is 14.7. The van der Waals surface area contributed by atoms with Crippen LogP contribution in [-0.2, 0) is 29.8 Å². The minimum Gasteiger partial charge on any atom is -0.438 e. The van der Waals surface area contributed by atoms with Gasteiger partial charge in [0.25, 0.3) is 5.91 Å². The quantitative estimate of drug-likeness (QED) is 0.135. The van der Waals surface area contributed by atoms with E-state index in [-0.39, 0.29) is 13.0 Å². The number of carbonyl (C=O) groups excluding carboxylic acids is 3. The Morgan fingerprint density at radius 2 is 1.67 bits per heavy atom. The van der Waals surface area contributed by atoms with Crippen LogP contribution in [0.15, 0.2) is 60.7 Å². The van der Waals surface area contributed by atoms with Gasteiger partial charge < -0.3 is 15.2 Å². The lowest BCUT2D eigenvalue weighted by Gasteiger charge is -2.33. The molecule has 1 heterocycles. The second-order valence-corrected chi connectivity index (χ2v) is 14.5. The first kappa shape index (κ1) is 33.2. The molecule has 0 spiro atoms. The summed E-state index contributed by atoms with van der Waals surface area (Å²) >= 11 is 0. The van der Waals surface area contributed by atoms with Gasteiger partial charge in [-0.05, 0) is 64.7 Å². The van der Waals surface area contributed by atoms with Crippen molar-refractivity contribution in [3.8, 4) is 0 Å². The van der Waals surface area contributed by atoms with Crippen molar-refractivity contribution >= 4 is 31.2 Å². The predicted octanol–water partition coefficient (Wildman–Crippen LogP) is 5.81. The lowest BCUT2D eigenvalue weighted by Crippen LogP contribution is -2.59. The summed E-state index contributed by atoms with van der Waals surface area (Å²) in [6.07, 6.45) is 0.274. The number of imide groups is 1. The average Bonchev–Trinajstić information content (AvgIpc) is 3.35. The van der Waals surface area contributed by atoms with Crippen molar-refractivity contribution in [3.05, 3.63) is 71.8 Å². The van der Waals surface area contributed by atoms with Gasteiger partial charge in [0.2, 0.25) is 7.37 Å². The van der Waals surface area contributed by atoms with Crippen molar-refractivity contribution < 1.29 is 42.6 Å². The Hall–Kier alpha value is -3.33. The van der Waals surface area contributed by atoms with Crippen LogP contribution in [0.5, 0.6) is 0 Å². The van der Waals surface area contributed by atoms with Crippen LogP contribution >= 0.6 is 7.37 Å². The highest BCUT2D eigenvalue weighted by atomic mass is 31.2. The van der Waals surface area contributed by atoms with E-state index in [1.807, 2.05) is 30.3 Å². The molecule has 1 fully saturated rings. The maximum absolute atomic E-state index is 14.7. The zero-order valence-corrected chi connectivity index (χ0v) is 25.7. The smallest absolute Gasteiger partial charge is 0.438 e. The van der Waals surface area contributed by atoms with Gasteiger partial charge in [-0.2, -0.15) is 9.28 Å². The molecule has 1 aliphatic heterocycles. The van der Waals surface area contributed by atoms with E-state index in [9.17, 15) is 28.8 Å². The number of nitrogens with zero attached hydrogens (tertiary/aromatic N) is 1. The van der Waals surface area contributed by atoms with E-state index in [1.54, 1.807) is 58.0 Å². The molecule has 0 aromatic heterocycles. The Balaban J connectivity index is 1.94. The molecule has 10 nitrogen and oxygen atoms in total. The van der Waals surface area contributed by atoms with E-state index in [1.165, 1.54) is 0 Å². The zero-order chi connectivity index (χ0) is 31.0. The fourth-order valence-electron chi connectivity index (χ4n) is 5.12. The van der Waals surface area contributed by atoms with Gasteiger partial charge in [-0.3, -0.25) is 18.7 Å². The van der Waals surface area contributed by atoms with Gasteiger partial charge >= 0.3 is 18.0 Å². The number of rotatable bonds is 12. The Morgan fingerprint density at radius 3 is 2.21 bits per heavy atom. The molecule has 1 aliphatic rings. The average molecular weight is 602 g/mol. The lowest BCUT2D eigenvalue weighted by atomic mass is 9.98. The van der Waals surface area contributed by atoms with Crippen LogP contribution < -0.4 is 5.32 Å². The zero-order valence-electron chi connectivity index (χ0n) is 24.8. The topological polar surface area (TPSA) is 136 Å². The van der Waals surface area contributed by atoms with Crippen LogP contribution in [0.3, 0.4) is 0 Å². The first-order chi connectivity index (χ1) is 19.8. The number of aryl methyl sites for hydroxylation is 1. The fraction of sp³-hybridized carbons (Fsp3) is 0.484. The van der Waals surface area contributed by atoms with Gasteiger partial charge in [-0.15, -0.1) is 0 Å². The third-order valence-corrected chi connectivity index (χ3v) is 10.3. The maximum Gasteiger partial charge on any atom is 0.521 e. The summed E-state index contributed by atoms with van der Waals surface area (Å²) in [4.78, 5) is 51.9. The van der Waals surface area contributed by atoms with E-state index >= 15 is 0 Å². The van der Waals surface area contributed by atoms with Crippen molar-refractivity contribution in [2.45, 2.75) is 71.6 Å².